The largest absolute Gasteiger partial charge is 0.497 e. The molecule has 0 radical (unpaired) electrons. The van der Waals surface area contributed by atoms with Gasteiger partial charge in [0.25, 0.3) is 5.91 Å². The number of nitrogens with one attached hydrogen (secondary N) is 1. The molecule has 3 heterocycles. The van der Waals surface area contributed by atoms with E-state index in [1.807, 2.05) is 40.1 Å². The Balaban J connectivity index is 1.21. The predicted molar refractivity (Wildman–Crippen MR) is 116 cm³/mol. The van der Waals surface area contributed by atoms with Crippen LogP contribution in [0.5, 0.6) is 5.75 Å². The number of methoxy groups -OCH3 is 1. The van der Waals surface area contributed by atoms with Gasteiger partial charge in [-0.3, -0.25) is 14.7 Å². The molecule has 2 atom stereocenters. The first-order valence-electron chi connectivity index (χ1n) is 11.4. The van der Waals surface area contributed by atoms with Gasteiger partial charge in [0.2, 0.25) is 5.91 Å². The number of carbonyl (C=O) groups is 2. The molecule has 1 aliphatic carbocycles. The van der Waals surface area contributed by atoms with Crippen molar-refractivity contribution < 1.29 is 14.3 Å². The zero-order chi connectivity index (χ0) is 21.4. The van der Waals surface area contributed by atoms with Crippen LogP contribution >= 0.6 is 0 Å². The molecule has 1 aromatic heterocycles. The molecule has 1 aromatic carbocycles. The highest BCUT2D eigenvalue weighted by atomic mass is 16.5. The van der Waals surface area contributed by atoms with Crippen LogP contribution in [0.2, 0.25) is 0 Å². The smallest absolute Gasteiger partial charge is 0.274 e. The van der Waals surface area contributed by atoms with Gasteiger partial charge in [-0.15, -0.1) is 0 Å². The molecule has 3 fully saturated rings. The molecule has 0 bridgehead atoms. The summed E-state index contributed by atoms with van der Waals surface area (Å²) in [5, 5.41) is 7.36. The fourth-order valence-electron chi connectivity index (χ4n) is 5.11. The Morgan fingerprint density at radius 1 is 1.13 bits per heavy atom. The maximum absolute atomic E-state index is 13.2. The first-order chi connectivity index (χ1) is 15.1. The van der Waals surface area contributed by atoms with Crippen LogP contribution in [-0.4, -0.2) is 64.6 Å². The molecule has 3 aliphatic rings. The number of fused-ring (bicyclic) bond motifs is 1. The van der Waals surface area contributed by atoms with Crippen LogP contribution in [0.4, 0.5) is 0 Å². The molecule has 7 heteroatoms. The number of aromatic nitrogens is 2. The number of amides is 2. The topological polar surface area (TPSA) is 78.5 Å². The van der Waals surface area contributed by atoms with Crippen LogP contribution in [0.1, 0.15) is 59.8 Å². The molecular weight excluding hydrogens is 392 g/mol. The van der Waals surface area contributed by atoms with E-state index in [4.69, 9.17) is 4.74 Å². The lowest BCUT2D eigenvalue weighted by molar-refractivity contribution is -0.133. The summed E-state index contributed by atoms with van der Waals surface area (Å²) in [5.74, 6) is 1.89. The highest BCUT2D eigenvalue weighted by Crippen LogP contribution is 2.39. The zero-order valence-corrected chi connectivity index (χ0v) is 18.0. The van der Waals surface area contributed by atoms with E-state index in [0.29, 0.717) is 30.5 Å². The lowest BCUT2D eigenvalue weighted by Crippen LogP contribution is -2.56. The lowest BCUT2D eigenvalue weighted by Gasteiger charge is -2.47. The second kappa shape index (κ2) is 8.36. The van der Waals surface area contributed by atoms with E-state index >= 15 is 0 Å². The SMILES string of the molecule is COc1ccc(CC(=O)N2CC[C@H]3[C@H](CCCN3C(=O)c3cc(C4CC4)[nH]n3)C2)cc1. The Kier molecular flexibility index (Phi) is 5.42. The fourth-order valence-corrected chi connectivity index (χ4v) is 5.11. The van der Waals surface area contributed by atoms with Crippen molar-refractivity contribution in [3.63, 3.8) is 0 Å². The van der Waals surface area contributed by atoms with Gasteiger partial charge < -0.3 is 14.5 Å². The van der Waals surface area contributed by atoms with Crippen LogP contribution in [0.15, 0.2) is 30.3 Å². The maximum Gasteiger partial charge on any atom is 0.274 e. The summed E-state index contributed by atoms with van der Waals surface area (Å²) in [6, 6.07) is 9.82. The number of nitrogens with zero attached hydrogens (tertiary/aromatic N) is 3. The van der Waals surface area contributed by atoms with Crippen molar-refractivity contribution in [1.29, 1.82) is 0 Å². The Hall–Kier alpha value is -2.83. The number of likely N-dealkylation sites (tertiary alicyclic amines) is 2. The number of hydrogen-bond donors (Lipinski definition) is 1. The van der Waals surface area contributed by atoms with Gasteiger partial charge >= 0.3 is 0 Å². The summed E-state index contributed by atoms with van der Waals surface area (Å²) in [4.78, 5) is 30.1. The van der Waals surface area contributed by atoms with Crippen molar-refractivity contribution in [3.8, 4) is 5.75 Å². The molecule has 0 spiro atoms. The normalized spacial score (nSPS) is 23.4. The van der Waals surface area contributed by atoms with Crippen molar-refractivity contribution in [1.82, 2.24) is 20.0 Å². The van der Waals surface area contributed by atoms with E-state index in [-0.39, 0.29) is 17.9 Å². The average molecular weight is 423 g/mol. The number of aromatic amines is 1. The minimum Gasteiger partial charge on any atom is -0.497 e. The van der Waals surface area contributed by atoms with Crippen molar-refractivity contribution in [3.05, 3.63) is 47.3 Å². The van der Waals surface area contributed by atoms with Gasteiger partial charge in [0.15, 0.2) is 0 Å². The van der Waals surface area contributed by atoms with Crippen LogP contribution in [0.3, 0.4) is 0 Å². The summed E-state index contributed by atoms with van der Waals surface area (Å²) in [6.45, 7) is 2.22. The summed E-state index contributed by atoms with van der Waals surface area (Å²) in [5.41, 5.74) is 2.63. The quantitative estimate of drug-likeness (QED) is 0.804. The average Bonchev–Trinajstić information content (AvgIpc) is 3.54. The third kappa shape index (κ3) is 4.18. The van der Waals surface area contributed by atoms with E-state index in [1.54, 1.807) is 7.11 Å². The molecule has 2 amide bonds. The van der Waals surface area contributed by atoms with Crippen LogP contribution < -0.4 is 4.74 Å². The molecule has 1 N–H and O–H groups in total. The Morgan fingerprint density at radius 2 is 1.94 bits per heavy atom. The van der Waals surface area contributed by atoms with Crippen LogP contribution in [-0.2, 0) is 11.2 Å². The van der Waals surface area contributed by atoms with Gasteiger partial charge in [-0.1, -0.05) is 12.1 Å². The number of ether oxygens (including phenoxy) is 1. The highest BCUT2D eigenvalue weighted by molar-refractivity contribution is 5.92. The van der Waals surface area contributed by atoms with E-state index in [0.717, 1.165) is 49.4 Å². The van der Waals surface area contributed by atoms with Gasteiger partial charge in [0, 0.05) is 37.3 Å². The predicted octanol–water partition coefficient (Wildman–Crippen LogP) is 2.99. The van der Waals surface area contributed by atoms with E-state index in [1.165, 1.54) is 12.8 Å². The molecule has 1 saturated carbocycles. The van der Waals surface area contributed by atoms with Crippen molar-refractivity contribution in [2.45, 2.75) is 50.5 Å². The van der Waals surface area contributed by atoms with Gasteiger partial charge in [0.05, 0.1) is 13.5 Å². The fraction of sp³-hybridized carbons (Fsp3) is 0.542. The van der Waals surface area contributed by atoms with E-state index in [9.17, 15) is 9.59 Å². The lowest BCUT2D eigenvalue weighted by atomic mass is 9.83. The molecule has 5 rings (SSSR count). The molecule has 0 unspecified atom stereocenters. The molecular formula is C24H30N4O3. The molecule has 2 aromatic rings. The van der Waals surface area contributed by atoms with Crippen LogP contribution in [0, 0.1) is 5.92 Å². The second-order valence-electron chi connectivity index (χ2n) is 9.10. The summed E-state index contributed by atoms with van der Waals surface area (Å²) < 4.78 is 5.19. The zero-order valence-electron chi connectivity index (χ0n) is 18.0. The Labute approximate surface area is 182 Å². The number of benzene rings is 1. The van der Waals surface area contributed by atoms with Gasteiger partial charge in [-0.2, -0.15) is 5.10 Å². The minimum absolute atomic E-state index is 0.0378. The monoisotopic (exact) mass is 422 g/mol. The summed E-state index contributed by atoms with van der Waals surface area (Å²) >= 11 is 0. The second-order valence-corrected chi connectivity index (χ2v) is 9.10. The summed E-state index contributed by atoms with van der Waals surface area (Å²) in [7, 11) is 1.64. The maximum atomic E-state index is 13.2. The molecule has 7 nitrogen and oxygen atoms in total. The number of H-pyrrole nitrogens is 1. The van der Waals surface area contributed by atoms with Crippen LogP contribution in [0.25, 0.3) is 0 Å². The number of piperidine rings is 2. The first-order valence-corrected chi connectivity index (χ1v) is 11.4. The third-order valence-electron chi connectivity index (χ3n) is 7.03. The standard InChI is InChI=1S/C24H30N4O3/c1-31-19-8-4-16(5-9-19)13-23(29)27-12-10-22-18(15-27)3-2-11-28(22)24(30)21-14-20(25-26-21)17-6-7-17/h4-5,8-9,14,17-18,22H,2-3,6-7,10-13,15H2,1H3,(H,25,26)/t18-,22+/m1/s1. The molecule has 2 saturated heterocycles. The van der Waals surface area contributed by atoms with Crippen molar-refractivity contribution in [2.75, 3.05) is 26.7 Å². The van der Waals surface area contributed by atoms with E-state index in [2.05, 4.69) is 10.2 Å². The third-order valence-corrected chi connectivity index (χ3v) is 7.03. The van der Waals surface area contributed by atoms with Crippen molar-refractivity contribution in [2.24, 2.45) is 5.92 Å². The van der Waals surface area contributed by atoms with Gasteiger partial charge in [0.1, 0.15) is 11.4 Å². The van der Waals surface area contributed by atoms with E-state index < -0.39 is 0 Å². The first kappa shape index (κ1) is 20.1. The molecule has 164 valence electrons. The number of hydrogen-bond acceptors (Lipinski definition) is 4. The molecule has 2 aliphatic heterocycles. The van der Waals surface area contributed by atoms with Gasteiger partial charge in [-0.25, -0.2) is 0 Å². The number of carbonyl (C=O) groups excluding carboxylic acids is 2. The van der Waals surface area contributed by atoms with Crippen molar-refractivity contribution >= 4 is 11.8 Å². The molecule has 31 heavy (non-hydrogen) atoms. The Bertz CT molecular complexity index is 950. The van der Waals surface area contributed by atoms with Gasteiger partial charge in [-0.05, 0) is 61.8 Å². The Morgan fingerprint density at radius 3 is 2.68 bits per heavy atom. The number of rotatable bonds is 5. The summed E-state index contributed by atoms with van der Waals surface area (Å²) in [6.07, 6.45) is 5.66. The minimum atomic E-state index is 0.0378. The highest BCUT2D eigenvalue weighted by Gasteiger charge is 2.40.